The van der Waals surface area contributed by atoms with Crippen LogP contribution in [0.25, 0.3) is 0 Å². The normalized spacial score (nSPS) is 10.6. The quantitative estimate of drug-likeness (QED) is 0.778. The van der Waals surface area contributed by atoms with Crippen molar-refractivity contribution in [2.75, 3.05) is 13.2 Å². The van der Waals surface area contributed by atoms with Crippen molar-refractivity contribution in [3.63, 3.8) is 0 Å². The van der Waals surface area contributed by atoms with E-state index in [4.69, 9.17) is 10.5 Å². The predicted octanol–water partition coefficient (Wildman–Crippen LogP) is 2.22. The molecule has 0 saturated carbocycles. The molecule has 0 heterocycles. The van der Waals surface area contributed by atoms with E-state index >= 15 is 0 Å². The molecule has 0 atom stereocenters. The van der Waals surface area contributed by atoms with E-state index in [1.807, 2.05) is 12.1 Å². The summed E-state index contributed by atoms with van der Waals surface area (Å²) in [6.45, 7) is 5.58. The van der Waals surface area contributed by atoms with Crippen molar-refractivity contribution in [3.8, 4) is 5.75 Å². The molecule has 0 aliphatic rings. The first kappa shape index (κ1) is 11.1. The number of nitrogens with two attached hydrogens (primary N) is 1. The Hall–Kier alpha value is -1.02. The highest BCUT2D eigenvalue weighted by molar-refractivity contribution is 5.28. The molecule has 2 N–H and O–H groups in total. The van der Waals surface area contributed by atoms with Crippen LogP contribution in [-0.2, 0) is 6.42 Å². The lowest BCUT2D eigenvalue weighted by Crippen LogP contribution is -2.10. The monoisotopic (exact) mass is 193 g/mol. The lowest BCUT2D eigenvalue weighted by atomic mass is 10.0. The van der Waals surface area contributed by atoms with Gasteiger partial charge in [0.2, 0.25) is 0 Å². The average Bonchev–Trinajstić information content (AvgIpc) is 2.14. The van der Waals surface area contributed by atoms with E-state index in [0.29, 0.717) is 19.1 Å². The molecule has 0 radical (unpaired) electrons. The Morgan fingerprint density at radius 2 is 2.14 bits per heavy atom. The van der Waals surface area contributed by atoms with Crippen molar-refractivity contribution in [2.45, 2.75) is 20.3 Å². The summed E-state index contributed by atoms with van der Waals surface area (Å²) in [5.41, 5.74) is 6.70. The SMILES string of the molecule is CC(C)Cc1cccc(OCCN)c1. The zero-order chi connectivity index (χ0) is 10.4. The van der Waals surface area contributed by atoms with Gasteiger partial charge in [-0.15, -0.1) is 0 Å². The third-order valence-corrected chi connectivity index (χ3v) is 1.93. The van der Waals surface area contributed by atoms with Crippen LogP contribution in [0, 0.1) is 5.92 Å². The Bertz CT molecular complexity index is 271. The van der Waals surface area contributed by atoms with Gasteiger partial charge in [0.1, 0.15) is 12.4 Å². The van der Waals surface area contributed by atoms with E-state index in [-0.39, 0.29) is 0 Å². The van der Waals surface area contributed by atoms with E-state index in [1.54, 1.807) is 0 Å². The second-order valence-electron chi connectivity index (χ2n) is 3.88. The van der Waals surface area contributed by atoms with Crippen LogP contribution in [0.2, 0.25) is 0 Å². The Kier molecular flexibility index (Phi) is 4.47. The van der Waals surface area contributed by atoms with Gasteiger partial charge >= 0.3 is 0 Å². The Morgan fingerprint density at radius 3 is 2.79 bits per heavy atom. The van der Waals surface area contributed by atoms with Crippen LogP contribution >= 0.6 is 0 Å². The molecule has 2 heteroatoms. The van der Waals surface area contributed by atoms with Crippen LogP contribution in [0.4, 0.5) is 0 Å². The summed E-state index contributed by atoms with van der Waals surface area (Å²) >= 11 is 0. The molecule has 0 aromatic heterocycles. The Morgan fingerprint density at radius 1 is 1.36 bits per heavy atom. The second kappa shape index (κ2) is 5.66. The van der Waals surface area contributed by atoms with Crippen molar-refractivity contribution in [3.05, 3.63) is 29.8 Å². The minimum absolute atomic E-state index is 0.564. The van der Waals surface area contributed by atoms with Crippen molar-refractivity contribution in [1.82, 2.24) is 0 Å². The summed E-state index contributed by atoms with van der Waals surface area (Å²) in [6.07, 6.45) is 1.10. The van der Waals surface area contributed by atoms with Crippen LogP contribution < -0.4 is 10.5 Å². The van der Waals surface area contributed by atoms with Crippen molar-refractivity contribution >= 4 is 0 Å². The molecule has 14 heavy (non-hydrogen) atoms. The molecular weight excluding hydrogens is 174 g/mol. The lowest BCUT2D eigenvalue weighted by molar-refractivity contribution is 0.328. The topological polar surface area (TPSA) is 35.2 Å². The second-order valence-corrected chi connectivity index (χ2v) is 3.88. The number of hydrogen-bond donors (Lipinski definition) is 1. The van der Waals surface area contributed by atoms with Gasteiger partial charge in [-0.2, -0.15) is 0 Å². The van der Waals surface area contributed by atoms with Gasteiger partial charge in [0, 0.05) is 6.54 Å². The Balaban J connectivity index is 2.59. The average molecular weight is 193 g/mol. The van der Waals surface area contributed by atoms with E-state index in [9.17, 15) is 0 Å². The van der Waals surface area contributed by atoms with E-state index in [1.165, 1.54) is 5.56 Å². The maximum Gasteiger partial charge on any atom is 0.119 e. The van der Waals surface area contributed by atoms with Gasteiger partial charge in [0.25, 0.3) is 0 Å². The number of ether oxygens (including phenoxy) is 1. The summed E-state index contributed by atoms with van der Waals surface area (Å²) in [6, 6.07) is 8.23. The maximum absolute atomic E-state index is 5.45. The van der Waals surface area contributed by atoms with Gasteiger partial charge in [-0.05, 0) is 30.0 Å². The molecule has 1 aromatic rings. The van der Waals surface area contributed by atoms with Crippen LogP contribution in [0.15, 0.2) is 24.3 Å². The Labute approximate surface area is 86.1 Å². The predicted molar refractivity (Wildman–Crippen MR) is 59.5 cm³/mol. The van der Waals surface area contributed by atoms with Crippen LogP contribution in [0.1, 0.15) is 19.4 Å². The van der Waals surface area contributed by atoms with Crippen molar-refractivity contribution < 1.29 is 4.74 Å². The van der Waals surface area contributed by atoms with E-state index in [0.717, 1.165) is 12.2 Å². The highest BCUT2D eigenvalue weighted by Gasteiger charge is 1.99. The fraction of sp³-hybridized carbons (Fsp3) is 0.500. The van der Waals surface area contributed by atoms with Gasteiger partial charge in [0.05, 0.1) is 0 Å². The fourth-order valence-corrected chi connectivity index (χ4v) is 1.41. The molecular formula is C12H19NO. The fourth-order valence-electron chi connectivity index (χ4n) is 1.41. The van der Waals surface area contributed by atoms with Gasteiger partial charge in [-0.1, -0.05) is 26.0 Å². The van der Waals surface area contributed by atoms with Crippen molar-refractivity contribution in [1.29, 1.82) is 0 Å². The first-order valence-corrected chi connectivity index (χ1v) is 5.14. The molecule has 0 amide bonds. The molecule has 0 saturated heterocycles. The summed E-state index contributed by atoms with van der Waals surface area (Å²) in [7, 11) is 0. The van der Waals surface area contributed by atoms with Crippen LogP contribution in [0.5, 0.6) is 5.75 Å². The molecule has 0 unspecified atom stereocenters. The summed E-state index contributed by atoms with van der Waals surface area (Å²) < 4.78 is 5.45. The third-order valence-electron chi connectivity index (χ3n) is 1.93. The summed E-state index contributed by atoms with van der Waals surface area (Å²) in [5.74, 6) is 1.60. The standard InChI is InChI=1S/C12H19NO/c1-10(2)8-11-4-3-5-12(9-11)14-7-6-13/h3-5,9-10H,6-8,13H2,1-2H3. The minimum Gasteiger partial charge on any atom is -0.492 e. The molecule has 1 aromatic carbocycles. The number of hydrogen-bond acceptors (Lipinski definition) is 2. The highest BCUT2D eigenvalue weighted by Crippen LogP contribution is 2.15. The summed E-state index contributed by atoms with van der Waals surface area (Å²) in [5, 5.41) is 0. The van der Waals surface area contributed by atoms with E-state index in [2.05, 4.69) is 26.0 Å². The molecule has 2 nitrogen and oxygen atoms in total. The van der Waals surface area contributed by atoms with Gasteiger partial charge < -0.3 is 10.5 Å². The van der Waals surface area contributed by atoms with Gasteiger partial charge in [-0.25, -0.2) is 0 Å². The number of rotatable bonds is 5. The molecule has 78 valence electrons. The molecule has 0 aliphatic heterocycles. The molecule has 1 rings (SSSR count). The van der Waals surface area contributed by atoms with Crippen LogP contribution in [-0.4, -0.2) is 13.2 Å². The smallest absolute Gasteiger partial charge is 0.119 e. The molecule has 0 bridgehead atoms. The van der Waals surface area contributed by atoms with Gasteiger partial charge in [-0.3, -0.25) is 0 Å². The summed E-state index contributed by atoms with van der Waals surface area (Å²) in [4.78, 5) is 0. The lowest BCUT2D eigenvalue weighted by Gasteiger charge is -2.08. The maximum atomic E-state index is 5.45. The zero-order valence-corrected chi connectivity index (χ0v) is 8.99. The molecule has 0 aliphatic carbocycles. The highest BCUT2D eigenvalue weighted by atomic mass is 16.5. The molecule has 0 fully saturated rings. The third kappa shape index (κ3) is 3.79. The minimum atomic E-state index is 0.564. The molecule has 0 spiro atoms. The van der Waals surface area contributed by atoms with Gasteiger partial charge in [0.15, 0.2) is 0 Å². The van der Waals surface area contributed by atoms with E-state index < -0.39 is 0 Å². The van der Waals surface area contributed by atoms with Crippen LogP contribution in [0.3, 0.4) is 0 Å². The zero-order valence-electron chi connectivity index (χ0n) is 8.99. The first-order valence-electron chi connectivity index (χ1n) is 5.14. The first-order chi connectivity index (χ1) is 6.72. The van der Waals surface area contributed by atoms with Crippen molar-refractivity contribution in [2.24, 2.45) is 11.7 Å². The largest absolute Gasteiger partial charge is 0.492 e. The number of benzene rings is 1.